The van der Waals surface area contributed by atoms with Gasteiger partial charge in [0.2, 0.25) is 0 Å². The summed E-state index contributed by atoms with van der Waals surface area (Å²) in [6.07, 6.45) is 4.24. The molecule has 1 aromatic heterocycles. The minimum absolute atomic E-state index is 0.0785. The van der Waals surface area contributed by atoms with Gasteiger partial charge in [-0.3, -0.25) is 9.59 Å². The Kier molecular flexibility index (Phi) is 4.86. The number of benzene rings is 1. The molecule has 0 atom stereocenters. The van der Waals surface area contributed by atoms with E-state index < -0.39 is 5.97 Å². The second-order valence-corrected chi connectivity index (χ2v) is 7.05. The number of furan rings is 1. The van der Waals surface area contributed by atoms with Gasteiger partial charge in [0.1, 0.15) is 12.2 Å². The molecule has 0 unspecified atom stereocenters. The molecule has 1 amide bonds. The fraction of sp³-hybridized carbons (Fsp3) is 0.368. The Hall–Kier alpha value is -2.27. The average molecular weight is 362 g/mol. The summed E-state index contributed by atoms with van der Waals surface area (Å²) in [5.41, 5.74) is 2.05. The van der Waals surface area contributed by atoms with E-state index >= 15 is 0 Å². The molecule has 6 heteroatoms. The van der Waals surface area contributed by atoms with Crippen LogP contribution in [0.4, 0.5) is 0 Å². The summed E-state index contributed by atoms with van der Waals surface area (Å²) in [4.78, 5) is 23.6. The van der Waals surface area contributed by atoms with Crippen molar-refractivity contribution in [3.05, 3.63) is 58.0 Å². The van der Waals surface area contributed by atoms with Gasteiger partial charge in [0.15, 0.2) is 0 Å². The van der Waals surface area contributed by atoms with Gasteiger partial charge < -0.3 is 14.8 Å². The molecular formula is C19H20ClNO4. The standard InChI is InChI=1S/C19H20ClNO4/c1-12-10-25-15(9-16(22)23)17(12)18(24)21-11-19(7-2-8-19)13-3-5-14(20)6-4-13/h3-6,10H,2,7-9,11H2,1H3,(H,21,24)(H,22,23). The number of aliphatic carboxylic acids is 1. The number of hydrogen-bond acceptors (Lipinski definition) is 3. The highest BCUT2D eigenvalue weighted by Crippen LogP contribution is 2.43. The Morgan fingerprint density at radius 2 is 1.96 bits per heavy atom. The van der Waals surface area contributed by atoms with E-state index in [2.05, 4.69) is 5.32 Å². The van der Waals surface area contributed by atoms with E-state index in [1.807, 2.05) is 24.3 Å². The maximum absolute atomic E-state index is 12.6. The van der Waals surface area contributed by atoms with Crippen LogP contribution < -0.4 is 5.32 Å². The van der Waals surface area contributed by atoms with Crippen LogP contribution in [0.2, 0.25) is 5.02 Å². The first kappa shape index (κ1) is 17.5. The molecule has 5 nitrogen and oxygen atoms in total. The third-order valence-electron chi connectivity index (χ3n) is 4.94. The van der Waals surface area contributed by atoms with Gasteiger partial charge >= 0.3 is 5.97 Å². The van der Waals surface area contributed by atoms with Crippen molar-refractivity contribution in [2.75, 3.05) is 6.54 Å². The molecule has 0 aliphatic heterocycles. The molecule has 132 valence electrons. The van der Waals surface area contributed by atoms with Crippen LogP contribution in [0.15, 0.2) is 34.9 Å². The predicted molar refractivity (Wildman–Crippen MR) is 94.1 cm³/mol. The topological polar surface area (TPSA) is 79.5 Å². The van der Waals surface area contributed by atoms with E-state index in [9.17, 15) is 9.59 Å². The van der Waals surface area contributed by atoms with Crippen LogP contribution in [-0.2, 0) is 16.6 Å². The monoisotopic (exact) mass is 361 g/mol. The highest BCUT2D eigenvalue weighted by molar-refractivity contribution is 6.30. The number of hydrogen-bond donors (Lipinski definition) is 2. The van der Waals surface area contributed by atoms with Gasteiger partial charge in [-0.05, 0) is 37.5 Å². The SMILES string of the molecule is Cc1coc(CC(=O)O)c1C(=O)NCC1(c2ccc(Cl)cc2)CCC1. The van der Waals surface area contributed by atoms with Gasteiger partial charge in [-0.1, -0.05) is 30.2 Å². The van der Waals surface area contributed by atoms with Crippen molar-refractivity contribution in [2.24, 2.45) is 0 Å². The Balaban J connectivity index is 1.74. The summed E-state index contributed by atoms with van der Waals surface area (Å²) >= 11 is 5.97. The van der Waals surface area contributed by atoms with Crippen LogP contribution in [0.5, 0.6) is 0 Å². The van der Waals surface area contributed by atoms with E-state index in [1.165, 1.54) is 6.26 Å². The molecule has 1 fully saturated rings. The third-order valence-corrected chi connectivity index (χ3v) is 5.20. The molecule has 1 heterocycles. The molecule has 1 saturated carbocycles. The van der Waals surface area contributed by atoms with E-state index in [1.54, 1.807) is 6.92 Å². The first-order valence-corrected chi connectivity index (χ1v) is 8.62. The van der Waals surface area contributed by atoms with E-state index in [0.29, 0.717) is 22.7 Å². The second kappa shape index (κ2) is 6.92. The van der Waals surface area contributed by atoms with Crippen molar-refractivity contribution in [3.63, 3.8) is 0 Å². The first-order valence-electron chi connectivity index (χ1n) is 8.24. The molecule has 25 heavy (non-hydrogen) atoms. The smallest absolute Gasteiger partial charge is 0.311 e. The van der Waals surface area contributed by atoms with Crippen LogP contribution in [0.3, 0.4) is 0 Å². The summed E-state index contributed by atoms with van der Waals surface area (Å²) in [7, 11) is 0. The van der Waals surface area contributed by atoms with Crippen LogP contribution in [0.1, 0.15) is 46.5 Å². The predicted octanol–water partition coefficient (Wildman–Crippen LogP) is 3.72. The molecular weight excluding hydrogens is 342 g/mol. The zero-order valence-electron chi connectivity index (χ0n) is 14.0. The van der Waals surface area contributed by atoms with Gasteiger partial charge in [-0.25, -0.2) is 0 Å². The molecule has 1 aliphatic carbocycles. The van der Waals surface area contributed by atoms with Crippen molar-refractivity contribution in [1.29, 1.82) is 0 Å². The fourth-order valence-electron chi connectivity index (χ4n) is 3.38. The number of carbonyl (C=O) groups is 2. The van der Waals surface area contributed by atoms with Gasteiger partial charge in [-0.2, -0.15) is 0 Å². The van der Waals surface area contributed by atoms with E-state index in [4.69, 9.17) is 21.1 Å². The van der Waals surface area contributed by atoms with Gasteiger partial charge in [0.25, 0.3) is 5.91 Å². The molecule has 0 radical (unpaired) electrons. The number of nitrogens with one attached hydrogen (secondary N) is 1. The fourth-order valence-corrected chi connectivity index (χ4v) is 3.51. The lowest BCUT2D eigenvalue weighted by Gasteiger charge is -2.42. The molecule has 2 N–H and O–H groups in total. The lowest BCUT2D eigenvalue weighted by Crippen LogP contribution is -2.45. The first-order chi connectivity index (χ1) is 11.9. The molecule has 0 saturated heterocycles. The van der Waals surface area contributed by atoms with Gasteiger partial charge in [-0.15, -0.1) is 0 Å². The maximum Gasteiger partial charge on any atom is 0.311 e. The third kappa shape index (κ3) is 3.56. The van der Waals surface area contributed by atoms with Crippen LogP contribution in [0, 0.1) is 6.92 Å². The lowest BCUT2D eigenvalue weighted by molar-refractivity contribution is -0.136. The molecule has 0 bridgehead atoms. The summed E-state index contributed by atoms with van der Waals surface area (Å²) in [6, 6.07) is 7.74. The molecule has 2 aromatic rings. The zero-order chi connectivity index (χ0) is 18.0. The van der Waals surface area contributed by atoms with Gasteiger partial charge in [0.05, 0.1) is 11.8 Å². The van der Waals surface area contributed by atoms with Crippen molar-refractivity contribution >= 4 is 23.5 Å². The van der Waals surface area contributed by atoms with Crippen molar-refractivity contribution < 1.29 is 19.1 Å². The van der Waals surface area contributed by atoms with Crippen LogP contribution in [0.25, 0.3) is 0 Å². The largest absolute Gasteiger partial charge is 0.481 e. The Morgan fingerprint density at radius 1 is 1.28 bits per heavy atom. The van der Waals surface area contributed by atoms with Crippen molar-refractivity contribution in [3.8, 4) is 0 Å². The Morgan fingerprint density at radius 3 is 2.52 bits per heavy atom. The van der Waals surface area contributed by atoms with E-state index in [-0.39, 0.29) is 23.5 Å². The normalized spacial score (nSPS) is 15.4. The average Bonchev–Trinajstić information content (AvgIpc) is 2.87. The number of carboxylic acid groups (broad SMARTS) is 1. The highest BCUT2D eigenvalue weighted by atomic mass is 35.5. The number of amides is 1. The number of carboxylic acids is 1. The zero-order valence-corrected chi connectivity index (χ0v) is 14.7. The molecule has 1 aliphatic rings. The highest BCUT2D eigenvalue weighted by Gasteiger charge is 2.39. The number of rotatable bonds is 6. The number of aryl methyl sites for hydroxylation is 1. The van der Waals surface area contributed by atoms with Crippen molar-refractivity contribution in [1.82, 2.24) is 5.32 Å². The van der Waals surface area contributed by atoms with Crippen LogP contribution in [-0.4, -0.2) is 23.5 Å². The van der Waals surface area contributed by atoms with Gasteiger partial charge in [0, 0.05) is 22.5 Å². The Labute approximate surface area is 151 Å². The molecule has 1 aromatic carbocycles. The minimum Gasteiger partial charge on any atom is -0.481 e. The maximum atomic E-state index is 12.6. The van der Waals surface area contributed by atoms with E-state index in [0.717, 1.165) is 24.8 Å². The minimum atomic E-state index is -1.03. The lowest BCUT2D eigenvalue weighted by atomic mass is 9.64. The molecule has 0 spiro atoms. The molecule has 3 rings (SSSR count). The van der Waals surface area contributed by atoms with Crippen molar-refractivity contribution in [2.45, 2.75) is 38.0 Å². The summed E-state index contributed by atoms with van der Waals surface area (Å²) in [5.74, 6) is -1.13. The Bertz CT molecular complexity index is 790. The second-order valence-electron chi connectivity index (χ2n) is 6.61. The summed E-state index contributed by atoms with van der Waals surface area (Å²) < 4.78 is 5.24. The van der Waals surface area contributed by atoms with Crippen LogP contribution >= 0.6 is 11.6 Å². The summed E-state index contributed by atoms with van der Waals surface area (Å²) in [5, 5.41) is 12.6. The summed E-state index contributed by atoms with van der Waals surface area (Å²) in [6.45, 7) is 2.24. The number of carbonyl (C=O) groups excluding carboxylic acids is 1. The number of halogens is 1. The quantitative estimate of drug-likeness (QED) is 0.821.